The summed E-state index contributed by atoms with van der Waals surface area (Å²) in [5.41, 5.74) is 19.6. The smallest absolute Gasteiger partial charge is 0.103 e. The maximum Gasteiger partial charge on any atom is 0.103 e. The standard InChI is InChI=1S/C12H11N7/c13-5-1-3-7(17-5)9-11(15-3)12-10(19-9)8-4(16-12)2-6(14)18-8/h1-2,15-19H,13-14H2. The lowest BCUT2D eigenvalue weighted by molar-refractivity contribution is 1.45. The number of aromatic nitrogens is 5. The number of nitrogens with two attached hydrogens (primary N) is 2. The van der Waals surface area contributed by atoms with E-state index < -0.39 is 0 Å². The van der Waals surface area contributed by atoms with Gasteiger partial charge in [0.2, 0.25) is 0 Å². The maximum absolute atomic E-state index is 5.77. The molecule has 0 fully saturated rings. The van der Waals surface area contributed by atoms with Crippen LogP contribution >= 0.6 is 0 Å². The summed E-state index contributed by atoms with van der Waals surface area (Å²) >= 11 is 0. The van der Waals surface area contributed by atoms with Gasteiger partial charge in [-0.15, -0.1) is 0 Å². The summed E-state index contributed by atoms with van der Waals surface area (Å²) in [5, 5.41) is 0. The highest BCUT2D eigenvalue weighted by atomic mass is 15.0. The molecule has 5 aromatic rings. The number of aromatic amines is 5. The van der Waals surface area contributed by atoms with Crippen molar-refractivity contribution in [3.05, 3.63) is 12.1 Å². The van der Waals surface area contributed by atoms with Crippen molar-refractivity contribution >= 4 is 55.8 Å². The molecule has 0 saturated carbocycles. The van der Waals surface area contributed by atoms with E-state index in [-0.39, 0.29) is 0 Å². The Hall–Kier alpha value is -2.96. The van der Waals surface area contributed by atoms with Gasteiger partial charge in [-0.1, -0.05) is 0 Å². The third-order valence-corrected chi connectivity index (χ3v) is 3.70. The van der Waals surface area contributed by atoms with Crippen molar-refractivity contribution in [3.63, 3.8) is 0 Å². The van der Waals surface area contributed by atoms with Gasteiger partial charge in [0.1, 0.15) is 11.6 Å². The molecule has 0 unspecified atom stereocenters. The number of H-pyrrole nitrogens is 5. The first-order valence-electron chi connectivity index (χ1n) is 5.98. The van der Waals surface area contributed by atoms with E-state index in [1.165, 1.54) is 0 Å². The van der Waals surface area contributed by atoms with E-state index in [9.17, 15) is 0 Å². The summed E-state index contributed by atoms with van der Waals surface area (Å²) in [6.45, 7) is 0. The van der Waals surface area contributed by atoms with Crippen LogP contribution in [0.2, 0.25) is 0 Å². The Bertz CT molecular complexity index is 992. The zero-order valence-electron chi connectivity index (χ0n) is 9.81. The van der Waals surface area contributed by atoms with Gasteiger partial charge in [0.05, 0.1) is 44.1 Å². The third-order valence-electron chi connectivity index (χ3n) is 3.70. The molecule has 5 heterocycles. The van der Waals surface area contributed by atoms with Gasteiger partial charge in [0.15, 0.2) is 0 Å². The Labute approximate surface area is 105 Å². The van der Waals surface area contributed by atoms with Gasteiger partial charge in [-0.3, -0.25) is 0 Å². The lowest BCUT2D eigenvalue weighted by Gasteiger charge is -1.83. The maximum atomic E-state index is 5.77. The summed E-state index contributed by atoms with van der Waals surface area (Å²) in [6, 6.07) is 3.78. The number of fused-ring (bicyclic) bond motifs is 7. The Morgan fingerprint density at radius 2 is 0.947 bits per heavy atom. The van der Waals surface area contributed by atoms with Crippen LogP contribution in [0, 0.1) is 0 Å². The van der Waals surface area contributed by atoms with Gasteiger partial charge in [-0.25, -0.2) is 0 Å². The molecule has 0 amide bonds. The molecular weight excluding hydrogens is 242 g/mol. The quantitative estimate of drug-likeness (QED) is 0.228. The third kappa shape index (κ3) is 0.909. The minimum atomic E-state index is 0.649. The second kappa shape index (κ2) is 2.56. The van der Waals surface area contributed by atoms with Gasteiger partial charge < -0.3 is 36.4 Å². The van der Waals surface area contributed by atoms with E-state index in [4.69, 9.17) is 11.5 Å². The molecule has 0 spiro atoms. The number of nitrogen functional groups attached to an aromatic ring is 2. The van der Waals surface area contributed by atoms with Crippen molar-refractivity contribution in [1.29, 1.82) is 0 Å². The number of anilines is 2. The molecule has 0 radical (unpaired) electrons. The summed E-state index contributed by atoms with van der Waals surface area (Å²) < 4.78 is 0. The van der Waals surface area contributed by atoms with Crippen LogP contribution in [-0.2, 0) is 0 Å². The van der Waals surface area contributed by atoms with Crippen molar-refractivity contribution in [2.45, 2.75) is 0 Å². The van der Waals surface area contributed by atoms with Gasteiger partial charge in [0.25, 0.3) is 0 Å². The first kappa shape index (κ1) is 9.03. The number of hydrogen-bond acceptors (Lipinski definition) is 2. The highest BCUT2D eigenvalue weighted by Crippen LogP contribution is 2.35. The highest BCUT2D eigenvalue weighted by Gasteiger charge is 2.17. The van der Waals surface area contributed by atoms with Crippen LogP contribution in [0.5, 0.6) is 0 Å². The van der Waals surface area contributed by atoms with Gasteiger partial charge in [-0.2, -0.15) is 0 Å². The summed E-state index contributed by atoms with van der Waals surface area (Å²) in [6.07, 6.45) is 0. The number of nitrogens with one attached hydrogen (secondary N) is 5. The monoisotopic (exact) mass is 253 g/mol. The van der Waals surface area contributed by atoms with Crippen molar-refractivity contribution in [1.82, 2.24) is 24.9 Å². The van der Waals surface area contributed by atoms with Crippen LogP contribution in [0.4, 0.5) is 11.6 Å². The molecule has 94 valence electrons. The fourth-order valence-electron chi connectivity index (χ4n) is 2.94. The first-order chi connectivity index (χ1) is 9.20. The predicted molar refractivity (Wildman–Crippen MR) is 77.0 cm³/mol. The Morgan fingerprint density at radius 3 is 1.42 bits per heavy atom. The molecule has 0 saturated heterocycles. The summed E-state index contributed by atoms with van der Waals surface area (Å²) in [5.74, 6) is 1.30. The molecule has 0 bridgehead atoms. The first-order valence-corrected chi connectivity index (χ1v) is 5.98. The van der Waals surface area contributed by atoms with E-state index >= 15 is 0 Å². The molecule has 5 aromatic heterocycles. The number of rotatable bonds is 0. The molecule has 0 atom stereocenters. The fraction of sp³-hybridized carbons (Fsp3) is 0. The highest BCUT2D eigenvalue weighted by molar-refractivity contribution is 6.20. The summed E-state index contributed by atoms with van der Waals surface area (Å²) in [7, 11) is 0. The molecule has 19 heavy (non-hydrogen) atoms. The average molecular weight is 253 g/mol. The Kier molecular flexibility index (Phi) is 1.22. The van der Waals surface area contributed by atoms with Crippen molar-refractivity contribution in [2.24, 2.45) is 0 Å². The molecule has 0 aromatic carbocycles. The topological polar surface area (TPSA) is 131 Å². The second-order valence-corrected chi connectivity index (χ2v) is 4.90. The molecule has 0 aliphatic rings. The van der Waals surface area contributed by atoms with Crippen molar-refractivity contribution < 1.29 is 0 Å². The van der Waals surface area contributed by atoms with Crippen LogP contribution < -0.4 is 11.5 Å². The summed E-state index contributed by atoms with van der Waals surface area (Å²) in [4.78, 5) is 16.5. The van der Waals surface area contributed by atoms with E-state index in [0.717, 1.165) is 44.1 Å². The predicted octanol–water partition coefficient (Wildman–Crippen LogP) is 2.10. The van der Waals surface area contributed by atoms with Crippen LogP contribution in [0.3, 0.4) is 0 Å². The SMILES string of the molecule is Nc1cc2[nH]c3c([nH]c4c5[nH]c(N)cc5[nH]c43)c2[nH]1. The normalized spacial score (nSPS) is 12.6. The zero-order chi connectivity index (χ0) is 12.7. The van der Waals surface area contributed by atoms with E-state index in [1.807, 2.05) is 12.1 Å². The van der Waals surface area contributed by atoms with E-state index in [0.29, 0.717) is 11.6 Å². The van der Waals surface area contributed by atoms with Crippen LogP contribution in [0.25, 0.3) is 44.1 Å². The molecule has 9 N–H and O–H groups in total. The van der Waals surface area contributed by atoms with Gasteiger partial charge in [0, 0.05) is 12.1 Å². The van der Waals surface area contributed by atoms with E-state index in [1.54, 1.807) is 0 Å². The molecule has 5 rings (SSSR count). The lowest BCUT2D eigenvalue weighted by Crippen LogP contribution is -1.81. The zero-order valence-corrected chi connectivity index (χ0v) is 9.81. The van der Waals surface area contributed by atoms with Crippen LogP contribution in [0.15, 0.2) is 12.1 Å². The average Bonchev–Trinajstić information content (AvgIpc) is 3.04. The second-order valence-electron chi connectivity index (χ2n) is 4.90. The van der Waals surface area contributed by atoms with Crippen molar-refractivity contribution in [2.75, 3.05) is 11.5 Å². The largest absolute Gasteiger partial charge is 0.385 e. The van der Waals surface area contributed by atoms with Gasteiger partial charge in [-0.05, 0) is 0 Å². The lowest BCUT2D eigenvalue weighted by atomic mass is 10.4. The molecule has 0 aliphatic carbocycles. The Balaban J connectivity index is 2.04. The number of hydrogen-bond donors (Lipinski definition) is 7. The van der Waals surface area contributed by atoms with Crippen LogP contribution in [0.1, 0.15) is 0 Å². The Morgan fingerprint density at radius 1 is 0.526 bits per heavy atom. The minimum Gasteiger partial charge on any atom is -0.385 e. The molecule has 7 nitrogen and oxygen atoms in total. The fourth-order valence-corrected chi connectivity index (χ4v) is 2.94. The molecule has 7 heteroatoms. The van der Waals surface area contributed by atoms with Crippen LogP contribution in [-0.4, -0.2) is 24.9 Å². The minimum absolute atomic E-state index is 0.649. The molecular formula is C12H11N7. The van der Waals surface area contributed by atoms with E-state index in [2.05, 4.69) is 24.9 Å². The van der Waals surface area contributed by atoms with Gasteiger partial charge >= 0.3 is 0 Å². The van der Waals surface area contributed by atoms with Crippen molar-refractivity contribution in [3.8, 4) is 0 Å². The molecule has 0 aliphatic heterocycles.